The van der Waals surface area contributed by atoms with E-state index in [1.807, 2.05) is 0 Å². The number of nitrogen functional groups attached to an aromatic ring is 1. The van der Waals surface area contributed by atoms with Gasteiger partial charge in [0.15, 0.2) is 5.13 Å². The van der Waals surface area contributed by atoms with Crippen molar-refractivity contribution in [3.05, 3.63) is 38.9 Å². The van der Waals surface area contributed by atoms with E-state index in [0.717, 1.165) is 28.0 Å². The summed E-state index contributed by atoms with van der Waals surface area (Å²) in [6, 6.07) is -2.71. The Morgan fingerprint density at radius 2 is 2.11 bits per heavy atom. The Morgan fingerprint density at radius 3 is 2.66 bits per heavy atom. The summed E-state index contributed by atoms with van der Waals surface area (Å²) in [5.74, 6) is -4.03. The fourth-order valence-corrected chi connectivity index (χ4v) is 5.65. The van der Waals surface area contributed by atoms with Crippen molar-refractivity contribution in [3.8, 4) is 0 Å². The third-order valence-corrected chi connectivity index (χ3v) is 7.31. The number of carboxylic acid groups (broad SMARTS) is 1. The largest absolute Gasteiger partial charge is 0.477 e. The molecule has 3 amide bonds. The quantitative estimate of drug-likeness (QED) is 0.258. The average Bonchev–Trinajstić information content (AvgIpc) is 3.21. The van der Waals surface area contributed by atoms with Crippen LogP contribution in [0.25, 0.3) is 0 Å². The number of nitrogens with one attached hydrogen (secondary N) is 1. The van der Waals surface area contributed by atoms with Crippen molar-refractivity contribution >= 4 is 51.9 Å². The van der Waals surface area contributed by atoms with Crippen molar-refractivity contribution in [2.24, 2.45) is 5.18 Å². The Balaban J connectivity index is 1.49. The van der Waals surface area contributed by atoms with Crippen LogP contribution in [-0.4, -0.2) is 80.0 Å². The Bertz CT molecular complexity index is 1200. The maximum Gasteiger partial charge on any atom is 0.406 e. The Hall–Kier alpha value is -3.47. The van der Waals surface area contributed by atoms with Crippen molar-refractivity contribution in [2.45, 2.75) is 23.6 Å². The highest BCUT2D eigenvalue weighted by Gasteiger charge is 2.54. The molecule has 0 aromatic carbocycles. The first kappa shape index (κ1) is 24.6. The fourth-order valence-electron chi connectivity index (χ4n) is 3.77. The van der Waals surface area contributed by atoms with Gasteiger partial charge < -0.3 is 21.1 Å². The number of amides is 3. The Morgan fingerprint density at radius 1 is 1.40 bits per heavy atom. The zero-order valence-electron chi connectivity index (χ0n) is 17.3. The van der Waals surface area contributed by atoms with Crippen LogP contribution in [0, 0.1) is 4.91 Å². The molecule has 3 aliphatic rings. The number of rotatable bonds is 7. The number of nitrogens with two attached hydrogens (primary N) is 1. The number of allylic oxidation sites excluding steroid dienone is 1. The van der Waals surface area contributed by atoms with Gasteiger partial charge in [-0.15, -0.1) is 28.0 Å². The number of anilines is 1. The summed E-state index contributed by atoms with van der Waals surface area (Å²) in [5, 5.41) is 15.4. The van der Waals surface area contributed by atoms with Gasteiger partial charge >= 0.3 is 12.1 Å². The molecule has 0 saturated carbocycles. The number of thiazole rings is 1. The number of nitrogens with zero attached hydrogens (tertiary/aromatic N) is 4. The van der Waals surface area contributed by atoms with E-state index >= 15 is 0 Å². The molecule has 4 heterocycles. The highest BCUT2D eigenvalue weighted by atomic mass is 32.2. The van der Waals surface area contributed by atoms with Crippen molar-refractivity contribution in [1.82, 2.24) is 20.1 Å². The van der Waals surface area contributed by atoms with Crippen molar-refractivity contribution in [2.75, 3.05) is 24.6 Å². The highest BCUT2D eigenvalue weighted by Crippen LogP contribution is 2.41. The molecule has 0 bridgehead atoms. The molecule has 12 nitrogen and oxygen atoms in total. The minimum atomic E-state index is -4.56. The number of carboxylic acids is 1. The van der Waals surface area contributed by atoms with Crippen molar-refractivity contribution in [3.63, 3.8) is 0 Å². The third kappa shape index (κ3) is 4.60. The predicted molar refractivity (Wildman–Crippen MR) is 115 cm³/mol. The van der Waals surface area contributed by atoms with Crippen LogP contribution in [0.3, 0.4) is 0 Å². The highest BCUT2D eigenvalue weighted by molar-refractivity contribution is 8.00. The number of aromatic nitrogens is 1. The van der Waals surface area contributed by atoms with Gasteiger partial charge in [-0.2, -0.15) is 13.2 Å². The van der Waals surface area contributed by atoms with Gasteiger partial charge in [0.1, 0.15) is 23.7 Å². The maximum absolute atomic E-state index is 12.7. The molecule has 1 aromatic rings. The summed E-state index contributed by atoms with van der Waals surface area (Å²) in [6.45, 7) is -1.72. The molecule has 3 aliphatic heterocycles. The minimum Gasteiger partial charge on any atom is -0.477 e. The number of carbonyl (C=O) groups excluding carboxylic acids is 3. The van der Waals surface area contributed by atoms with Crippen LogP contribution in [0.2, 0.25) is 0 Å². The van der Waals surface area contributed by atoms with Gasteiger partial charge in [-0.1, -0.05) is 0 Å². The van der Waals surface area contributed by atoms with Gasteiger partial charge in [0.25, 0.3) is 17.7 Å². The summed E-state index contributed by atoms with van der Waals surface area (Å²) in [5.41, 5.74) is 5.14. The van der Waals surface area contributed by atoms with Crippen molar-refractivity contribution < 1.29 is 37.5 Å². The molecule has 2 saturated heterocycles. The smallest absolute Gasteiger partial charge is 0.406 e. The van der Waals surface area contributed by atoms with E-state index in [1.54, 1.807) is 0 Å². The molecule has 1 unspecified atom stereocenters. The number of carbonyl (C=O) groups is 4. The Kier molecular flexibility index (Phi) is 6.31. The lowest BCUT2D eigenvalue weighted by Crippen LogP contribution is -2.70. The zero-order valence-corrected chi connectivity index (χ0v) is 18.9. The van der Waals surface area contributed by atoms with Crippen LogP contribution < -0.4 is 11.1 Å². The van der Waals surface area contributed by atoms with Gasteiger partial charge in [-0.05, 0) is 16.8 Å². The lowest BCUT2D eigenvalue weighted by Gasteiger charge is -2.49. The number of alkyl halides is 3. The van der Waals surface area contributed by atoms with E-state index in [0.29, 0.717) is 4.90 Å². The number of thioether (sulfide) groups is 1. The maximum atomic E-state index is 12.7. The van der Waals surface area contributed by atoms with E-state index in [4.69, 9.17) is 5.73 Å². The van der Waals surface area contributed by atoms with Gasteiger partial charge in [-0.3, -0.25) is 19.3 Å². The number of likely N-dealkylation sites (tertiary alicyclic amines) is 1. The van der Waals surface area contributed by atoms with Gasteiger partial charge in [0.2, 0.25) is 6.04 Å². The van der Waals surface area contributed by atoms with E-state index in [9.17, 15) is 42.4 Å². The first-order valence-corrected chi connectivity index (χ1v) is 11.7. The van der Waals surface area contributed by atoms with Gasteiger partial charge in [-0.25, -0.2) is 9.78 Å². The van der Waals surface area contributed by atoms with Crippen LogP contribution in [0.1, 0.15) is 11.7 Å². The molecular weight excluding hydrogens is 517 g/mol. The van der Waals surface area contributed by atoms with Crippen LogP contribution in [-0.2, 0) is 19.2 Å². The third-order valence-electron chi connectivity index (χ3n) is 5.31. The predicted octanol–water partition coefficient (Wildman–Crippen LogP) is 0.602. The minimum absolute atomic E-state index is 0.00434. The number of nitroso groups, excluding NO2 is 1. The number of β-lactam (4-membered cyclic amide) rings is 2. The first-order chi connectivity index (χ1) is 16.4. The average molecular weight is 532 g/mol. The second-order valence-electron chi connectivity index (χ2n) is 7.64. The molecule has 186 valence electrons. The van der Waals surface area contributed by atoms with E-state index in [-0.39, 0.29) is 34.3 Å². The molecule has 4 rings (SSSR count). The number of hydrogen-bond donors (Lipinski definition) is 3. The molecule has 2 fully saturated rings. The first-order valence-electron chi connectivity index (χ1n) is 9.72. The van der Waals surface area contributed by atoms with E-state index in [1.165, 1.54) is 11.5 Å². The molecule has 0 radical (unpaired) electrons. The fraction of sp³-hybridized carbons (Fsp3) is 0.389. The topological polar surface area (TPSA) is 175 Å². The summed E-state index contributed by atoms with van der Waals surface area (Å²) in [6.07, 6.45) is -3.38. The Labute approximate surface area is 202 Å². The molecule has 4 N–H and O–H groups in total. The normalized spacial score (nSPS) is 24.0. The number of aliphatic carboxylic acids is 1. The number of fused-ring (bicyclic) bond motifs is 1. The van der Waals surface area contributed by atoms with E-state index < -0.39 is 59.6 Å². The molecule has 17 heteroatoms. The summed E-state index contributed by atoms with van der Waals surface area (Å²) >= 11 is 2.07. The SMILES string of the molecule is Nc1nc(C(N=O)C(=O)N[C@@H]2C(=O)N3C(C(=O)O)=C(C=C4CN(CC(F)(F)F)C4=O)CS[C@H]23)cs1. The molecule has 0 spiro atoms. The van der Waals surface area contributed by atoms with Crippen LogP contribution in [0.15, 0.2) is 33.5 Å². The number of halogens is 3. The molecule has 1 aromatic heterocycles. The molecule has 3 atom stereocenters. The summed E-state index contributed by atoms with van der Waals surface area (Å²) in [4.78, 5) is 65.7. The van der Waals surface area contributed by atoms with Gasteiger partial charge in [0, 0.05) is 16.7 Å². The standard InChI is InChI=1S/C18H15F3N6O6S2/c19-18(20,21)5-26-2-6(13(26)29)1-7-3-34-15-10(14(30)27(15)11(7)16(31)32)24-12(28)9(25-33)8-4-35-17(22)23-8/h1,4,9-10,15H,2-3,5H2,(H2,22,23)(H,24,28)(H,31,32)/t9?,10-,15-/m1/s1. The second kappa shape index (κ2) is 8.95. The van der Waals surface area contributed by atoms with Crippen LogP contribution in [0.4, 0.5) is 18.3 Å². The molecule has 0 aliphatic carbocycles. The monoisotopic (exact) mass is 532 g/mol. The lowest BCUT2D eigenvalue weighted by molar-refractivity contribution is -0.164. The van der Waals surface area contributed by atoms with Crippen LogP contribution in [0.5, 0.6) is 0 Å². The lowest BCUT2D eigenvalue weighted by atomic mass is 9.98. The second-order valence-corrected chi connectivity index (χ2v) is 9.63. The summed E-state index contributed by atoms with van der Waals surface area (Å²) in [7, 11) is 0. The van der Waals surface area contributed by atoms with Gasteiger partial charge in [0.05, 0.1) is 12.2 Å². The van der Waals surface area contributed by atoms with Crippen molar-refractivity contribution in [1.29, 1.82) is 0 Å². The molecule has 35 heavy (non-hydrogen) atoms. The summed E-state index contributed by atoms with van der Waals surface area (Å²) < 4.78 is 37.5. The van der Waals surface area contributed by atoms with Crippen LogP contribution >= 0.6 is 23.1 Å². The number of hydrogen-bond acceptors (Lipinski definition) is 10. The molecular formula is C18H15F3N6O6S2. The zero-order chi connectivity index (χ0) is 25.7. The van der Waals surface area contributed by atoms with E-state index in [2.05, 4.69) is 15.5 Å².